The van der Waals surface area contributed by atoms with E-state index in [2.05, 4.69) is 41.2 Å². The molecular formula is C32H31N3O3. The summed E-state index contributed by atoms with van der Waals surface area (Å²) in [5.41, 5.74) is 4.63. The van der Waals surface area contributed by atoms with Crippen LogP contribution in [0.5, 0.6) is 11.5 Å². The number of ether oxygens (including phenoxy) is 2. The van der Waals surface area contributed by atoms with Gasteiger partial charge < -0.3 is 14.4 Å². The lowest BCUT2D eigenvalue weighted by Crippen LogP contribution is -2.26. The predicted octanol–water partition coefficient (Wildman–Crippen LogP) is 5.61. The van der Waals surface area contributed by atoms with E-state index in [0.29, 0.717) is 34.7 Å². The fourth-order valence-corrected chi connectivity index (χ4v) is 4.43. The molecule has 0 unspecified atom stereocenters. The first kappa shape index (κ1) is 25.2. The number of benzene rings is 4. The summed E-state index contributed by atoms with van der Waals surface area (Å²) < 4.78 is 13.2. The van der Waals surface area contributed by atoms with Gasteiger partial charge in [0, 0.05) is 19.2 Å². The standard InChI is InChI=1S/C32H31N3O3/c1-34(18-17-24-9-5-3-6-10-24)19-20-38-30-16-14-27(22-31(30)37-2)35-23-33-29-21-26(13-15-28(29)32(35)36)25-11-7-4-8-12-25/h3-16,21-23H,17-20H2,1-2H3. The third kappa shape index (κ3) is 5.76. The highest BCUT2D eigenvalue weighted by Gasteiger charge is 2.12. The zero-order valence-corrected chi connectivity index (χ0v) is 21.7. The number of hydrogen-bond donors (Lipinski definition) is 0. The molecule has 0 N–H and O–H groups in total. The Morgan fingerprint density at radius 2 is 1.58 bits per heavy atom. The van der Waals surface area contributed by atoms with Crippen molar-refractivity contribution in [1.29, 1.82) is 0 Å². The van der Waals surface area contributed by atoms with Crippen molar-refractivity contribution in [3.63, 3.8) is 0 Å². The smallest absolute Gasteiger partial charge is 0.265 e. The minimum absolute atomic E-state index is 0.134. The summed E-state index contributed by atoms with van der Waals surface area (Å²) in [4.78, 5) is 20.1. The molecule has 0 atom stereocenters. The number of fused-ring (bicyclic) bond motifs is 1. The second-order valence-electron chi connectivity index (χ2n) is 9.24. The lowest BCUT2D eigenvalue weighted by molar-refractivity contribution is 0.231. The highest BCUT2D eigenvalue weighted by Crippen LogP contribution is 2.29. The van der Waals surface area contributed by atoms with Gasteiger partial charge in [0.2, 0.25) is 0 Å². The first-order valence-electron chi connectivity index (χ1n) is 12.7. The van der Waals surface area contributed by atoms with Gasteiger partial charge in [-0.3, -0.25) is 9.36 Å². The molecule has 38 heavy (non-hydrogen) atoms. The Bertz CT molecular complexity index is 1570. The second kappa shape index (κ2) is 11.8. The van der Waals surface area contributed by atoms with E-state index in [-0.39, 0.29) is 5.56 Å². The first-order valence-corrected chi connectivity index (χ1v) is 12.7. The zero-order chi connectivity index (χ0) is 26.3. The summed E-state index contributed by atoms with van der Waals surface area (Å²) in [6.07, 6.45) is 2.56. The number of likely N-dealkylation sites (N-methyl/N-ethyl adjacent to an activating group) is 1. The second-order valence-corrected chi connectivity index (χ2v) is 9.24. The number of aromatic nitrogens is 2. The normalized spacial score (nSPS) is 11.1. The van der Waals surface area contributed by atoms with Crippen LogP contribution >= 0.6 is 0 Å². The molecule has 0 aliphatic rings. The van der Waals surface area contributed by atoms with Gasteiger partial charge in [-0.25, -0.2) is 4.98 Å². The molecular weight excluding hydrogens is 474 g/mol. The molecule has 1 heterocycles. The van der Waals surface area contributed by atoms with Crippen LogP contribution in [0.4, 0.5) is 0 Å². The summed E-state index contributed by atoms with van der Waals surface area (Å²) in [6.45, 7) is 2.27. The maximum Gasteiger partial charge on any atom is 0.265 e. The Morgan fingerprint density at radius 1 is 0.816 bits per heavy atom. The first-order chi connectivity index (χ1) is 18.6. The van der Waals surface area contributed by atoms with Crippen LogP contribution in [0.25, 0.3) is 27.7 Å². The molecule has 5 aromatic rings. The largest absolute Gasteiger partial charge is 0.493 e. The maximum atomic E-state index is 13.3. The molecule has 0 bridgehead atoms. The number of nitrogens with zero attached hydrogens (tertiary/aromatic N) is 3. The van der Waals surface area contributed by atoms with Crippen molar-refractivity contribution in [2.75, 3.05) is 33.9 Å². The van der Waals surface area contributed by atoms with Gasteiger partial charge in [-0.2, -0.15) is 0 Å². The van der Waals surface area contributed by atoms with E-state index < -0.39 is 0 Å². The summed E-state index contributed by atoms with van der Waals surface area (Å²) in [5.74, 6) is 1.21. The SMILES string of the molecule is COc1cc(-n2cnc3cc(-c4ccccc4)ccc3c2=O)ccc1OCCN(C)CCc1ccccc1. The lowest BCUT2D eigenvalue weighted by Gasteiger charge is -2.18. The Kier molecular flexibility index (Phi) is 7.81. The van der Waals surface area contributed by atoms with Crippen LogP contribution in [-0.4, -0.2) is 48.3 Å². The Hall–Kier alpha value is -4.42. The zero-order valence-electron chi connectivity index (χ0n) is 21.7. The molecule has 5 rings (SSSR count). The van der Waals surface area contributed by atoms with E-state index in [0.717, 1.165) is 30.6 Å². The van der Waals surface area contributed by atoms with Crippen LogP contribution in [0.15, 0.2) is 108 Å². The molecule has 0 fully saturated rings. The molecule has 4 aromatic carbocycles. The van der Waals surface area contributed by atoms with Crippen molar-refractivity contribution in [3.05, 3.63) is 119 Å². The Morgan fingerprint density at radius 3 is 2.34 bits per heavy atom. The number of hydrogen-bond acceptors (Lipinski definition) is 5. The molecule has 6 nitrogen and oxygen atoms in total. The van der Waals surface area contributed by atoms with E-state index in [1.807, 2.05) is 72.8 Å². The molecule has 0 radical (unpaired) electrons. The molecule has 0 aliphatic carbocycles. The van der Waals surface area contributed by atoms with Crippen molar-refractivity contribution >= 4 is 10.9 Å². The van der Waals surface area contributed by atoms with Gasteiger partial charge in [0.15, 0.2) is 11.5 Å². The van der Waals surface area contributed by atoms with Gasteiger partial charge in [-0.15, -0.1) is 0 Å². The lowest BCUT2D eigenvalue weighted by atomic mass is 10.0. The van der Waals surface area contributed by atoms with Crippen molar-refractivity contribution in [1.82, 2.24) is 14.5 Å². The number of methoxy groups -OCH3 is 1. The quantitative estimate of drug-likeness (QED) is 0.247. The maximum absolute atomic E-state index is 13.3. The topological polar surface area (TPSA) is 56.6 Å². The van der Waals surface area contributed by atoms with Crippen LogP contribution in [0.2, 0.25) is 0 Å². The average Bonchev–Trinajstić information content (AvgIpc) is 2.97. The summed E-state index contributed by atoms with van der Waals surface area (Å²) >= 11 is 0. The summed E-state index contributed by atoms with van der Waals surface area (Å²) in [5, 5.41) is 0.560. The van der Waals surface area contributed by atoms with Crippen LogP contribution in [-0.2, 0) is 6.42 Å². The molecule has 0 aliphatic heterocycles. The van der Waals surface area contributed by atoms with Crippen molar-refractivity contribution < 1.29 is 9.47 Å². The van der Waals surface area contributed by atoms with Gasteiger partial charge in [-0.1, -0.05) is 66.7 Å². The van der Waals surface area contributed by atoms with Crippen LogP contribution in [0.1, 0.15) is 5.56 Å². The van der Waals surface area contributed by atoms with Gasteiger partial charge >= 0.3 is 0 Å². The third-order valence-electron chi connectivity index (χ3n) is 6.65. The highest BCUT2D eigenvalue weighted by atomic mass is 16.5. The Balaban J connectivity index is 1.27. The Labute approximate surface area is 222 Å². The minimum Gasteiger partial charge on any atom is -0.493 e. The molecule has 0 saturated heterocycles. The minimum atomic E-state index is -0.134. The van der Waals surface area contributed by atoms with Crippen molar-refractivity contribution in [2.45, 2.75) is 6.42 Å². The van der Waals surface area contributed by atoms with Crippen molar-refractivity contribution in [3.8, 4) is 28.3 Å². The van der Waals surface area contributed by atoms with E-state index in [1.165, 1.54) is 10.1 Å². The van der Waals surface area contributed by atoms with Gasteiger partial charge in [-0.05, 0) is 54.4 Å². The van der Waals surface area contributed by atoms with Gasteiger partial charge in [0.1, 0.15) is 12.9 Å². The molecule has 0 saturated carbocycles. The molecule has 0 spiro atoms. The summed E-state index contributed by atoms with van der Waals surface area (Å²) in [7, 11) is 3.69. The highest BCUT2D eigenvalue weighted by molar-refractivity contribution is 5.83. The van der Waals surface area contributed by atoms with Crippen molar-refractivity contribution in [2.24, 2.45) is 0 Å². The molecule has 6 heteroatoms. The fraction of sp³-hybridized carbons (Fsp3) is 0.188. The van der Waals surface area contributed by atoms with E-state index in [4.69, 9.17) is 9.47 Å². The van der Waals surface area contributed by atoms with Crippen LogP contribution in [0.3, 0.4) is 0 Å². The van der Waals surface area contributed by atoms with E-state index >= 15 is 0 Å². The van der Waals surface area contributed by atoms with E-state index in [1.54, 1.807) is 13.4 Å². The third-order valence-corrected chi connectivity index (χ3v) is 6.65. The molecule has 0 amide bonds. The van der Waals surface area contributed by atoms with E-state index in [9.17, 15) is 4.79 Å². The monoisotopic (exact) mass is 505 g/mol. The summed E-state index contributed by atoms with van der Waals surface area (Å²) in [6, 6.07) is 31.8. The predicted molar refractivity (Wildman–Crippen MR) is 152 cm³/mol. The van der Waals surface area contributed by atoms with Gasteiger partial charge in [0.25, 0.3) is 5.56 Å². The van der Waals surface area contributed by atoms with Crippen LogP contribution in [0, 0.1) is 0 Å². The average molecular weight is 506 g/mol. The molecule has 192 valence electrons. The van der Waals surface area contributed by atoms with Gasteiger partial charge in [0.05, 0.1) is 23.7 Å². The van der Waals surface area contributed by atoms with Crippen LogP contribution < -0.4 is 15.0 Å². The molecule has 1 aromatic heterocycles. The fourth-order valence-electron chi connectivity index (χ4n) is 4.43. The number of rotatable bonds is 10.